The van der Waals surface area contributed by atoms with Gasteiger partial charge in [0.05, 0.1) is 0 Å². The van der Waals surface area contributed by atoms with Gasteiger partial charge in [-0.2, -0.15) is 0 Å². The molecule has 0 unspecified atom stereocenters. The van der Waals surface area contributed by atoms with E-state index in [4.69, 9.17) is 0 Å². The van der Waals surface area contributed by atoms with Gasteiger partial charge in [-0.15, -0.1) is 11.3 Å². The SMILES string of the molecule is Cc1ccc(NC(=O)c2cnc3sc(C)cn3c2=O)cc1. The van der Waals surface area contributed by atoms with Crippen molar-refractivity contribution < 1.29 is 4.79 Å². The van der Waals surface area contributed by atoms with Gasteiger partial charge >= 0.3 is 0 Å². The number of carbonyl (C=O) groups is 1. The first kappa shape index (κ1) is 13.5. The number of thiazole rings is 1. The van der Waals surface area contributed by atoms with Gasteiger partial charge in [0.1, 0.15) is 5.56 Å². The zero-order valence-electron chi connectivity index (χ0n) is 11.6. The molecule has 2 aromatic heterocycles. The summed E-state index contributed by atoms with van der Waals surface area (Å²) >= 11 is 1.41. The maximum atomic E-state index is 12.3. The molecule has 0 saturated carbocycles. The lowest BCUT2D eigenvalue weighted by molar-refractivity contribution is 0.102. The van der Waals surface area contributed by atoms with Crippen LogP contribution in [0.2, 0.25) is 0 Å². The van der Waals surface area contributed by atoms with Crippen LogP contribution in [0.3, 0.4) is 0 Å². The quantitative estimate of drug-likeness (QED) is 0.791. The van der Waals surface area contributed by atoms with Crippen molar-refractivity contribution in [2.45, 2.75) is 13.8 Å². The van der Waals surface area contributed by atoms with Gasteiger partial charge in [-0.25, -0.2) is 4.98 Å². The third-order valence-corrected chi connectivity index (χ3v) is 3.99. The summed E-state index contributed by atoms with van der Waals surface area (Å²) in [7, 11) is 0. The third kappa shape index (κ3) is 2.57. The first-order valence-corrected chi connectivity index (χ1v) is 7.22. The number of amides is 1. The van der Waals surface area contributed by atoms with Crippen LogP contribution in [-0.2, 0) is 0 Å². The van der Waals surface area contributed by atoms with E-state index in [1.54, 1.807) is 18.3 Å². The van der Waals surface area contributed by atoms with E-state index in [0.29, 0.717) is 10.6 Å². The molecule has 0 radical (unpaired) electrons. The van der Waals surface area contributed by atoms with E-state index in [1.807, 2.05) is 26.0 Å². The van der Waals surface area contributed by atoms with E-state index in [2.05, 4.69) is 10.3 Å². The summed E-state index contributed by atoms with van der Waals surface area (Å²) in [5.41, 5.74) is 1.43. The van der Waals surface area contributed by atoms with Gasteiger partial charge in [-0.3, -0.25) is 14.0 Å². The lowest BCUT2D eigenvalue weighted by atomic mass is 10.2. The number of benzene rings is 1. The molecule has 3 aromatic rings. The highest BCUT2D eigenvalue weighted by Gasteiger charge is 2.14. The Balaban J connectivity index is 1.96. The molecule has 5 nitrogen and oxygen atoms in total. The number of nitrogens with one attached hydrogen (secondary N) is 1. The van der Waals surface area contributed by atoms with Gasteiger partial charge in [0.15, 0.2) is 4.96 Å². The second-order valence-electron chi connectivity index (χ2n) is 4.79. The monoisotopic (exact) mass is 299 g/mol. The highest BCUT2D eigenvalue weighted by atomic mass is 32.1. The van der Waals surface area contributed by atoms with Gasteiger partial charge in [-0.1, -0.05) is 17.7 Å². The fourth-order valence-electron chi connectivity index (χ4n) is 1.99. The molecule has 3 rings (SSSR count). The number of nitrogens with zero attached hydrogens (tertiary/aromatic N) is 2. The maximum Gasteiger partial charge on any atom is 0.271 e. The van der Waals surface area contributed by atoms with Crippen LogP contribution in [0.25, 0.3) is 4.96 Å². The molecule has 0 saturated heterocycles. The minimum atomic E-state index is -0.449. The summed E-state index contributed by atoms with van der Waals surface area (Å²) < 4.78 is 1.41. The number of fused-ring (bicyclic) bond motifs is 1. The summed E-state index contributed by atoms with van der Waals surface area (Å²) in [6.45, 7) is 3.86. The molecule has 0 atom stereocenters. The number of carbonyl (C=O) groups excluding carboxylic acids is 1. The van der Waals surface area contributed by atoms with E-state index in [-0.39, 0.29) is 11.1 Å². The molecule has 6 heteroatoms. The van der Waals surface area contributed by atoms with Crippen molar-refractivity contribution in [1.29, 1.82) is 0 Å². The number of anilines is 1. The Kier molecular flexibility index (Phi) is 3.31. The third-order valence-electron chi connectivity index (χ3n) is 3.08. The molecular weight excluding hydrogens is 286 g/mol. The van der Waals surface area contributed by atoms with Crippen molar-refractivity contribution in [3.05, 3.63) is 63.0 Å². The van der Waals surface area contributed by atoms with E-state index in [9.17, 15) is 9.59 Å². The molecule has 1 aromatic carbocycles. The molecule has 1 amide bonds. The summed E-state index contributed by atoms with van der Waals surface area (Å²) in [5, 5.41) is 2.71. The first-order valence-electron chi connectivity index (χ1n) is 6.40. The van der Waals surface area contributed by atoms with Crippen LogP contribution in [0.1, 0.15) is 20.8 Å². The Labute approximate surface area is 124 Å². The zero-order valence-corrected chi connectivity index (χ0v) is 12.4. The largest absolute Gasteiger partial charge is 0.322 e. The Morgan fingerprint density at radius 1 is 1.24 bits per heavy atom. The first-order chi connectivity index (χ1) is 10.0. The van der Waals surface area contributed by atoms with Crippen LogP contribution in [0.4, 0.5) is 5.69 Å². The number of aromatic nitrogens is 2. The fourth-order valence-corrected chi connectivity index (χ4v) is 2.77. The maximum absolute atomic E-state index is 12.3. The highest BCUT2D eigenvalue weighted by Crippen LogP contribution is 2.13. The van der Waals surface area contributed by atoms with Gasteiger partial charge in [0, 0.05) is 23.0 Å². The van der Waals surface area contributed by atoms with Crippen LogP contribution >= 0.6 is 11.3 Å². The predicted octanol–water partition coefficient (Wildman–Crippen LogP) is 2.63. The normalized spacial score (nSPS) is 10.8. The van der Waals surface area contributed by atoms with E-state index in [1.165, 1.54) is 21.9 Å². The minimum absolute atomic E-state index is 0.0332. The van der Waals surface area contributed by atoms with E-state index in [0.717, 1.165) is 10.4 Å². The van der Waals surface area contributed by atoms with Gasteiger partial charge in [0.25, 0.3) is 11.5 Å². The molecule has 0 spiro atoms. The molecule has 21 heavy (non-hydrogen) atoms. The van der Waals surface area contributed by atoms with E-state index >= 15 is 0 Å². The molecule has 0 aliphatic heterocycles. The average Bonchev–Trinajstić information content (AvgIpc) is 2.83. The Morgan fingerprint density at radius 2 is 1.95 bits per heavy atom. The van der Waals surface area contributed by atoms with Crippen LogP contribution in [-0.4, -0.2) is 15.3 Å². The van der Waals surface area contributed by atoms with Gasteiger partial charge in [0.2, 0.25) is 0 Å². The lowest BCUT2D eigenvalue weighted by Crippen LogP contribution is -2.25. The minimum Gasteiger partial charge on any atom is -0.322 e. The van der Waals surface area contributed by atoms with Crippen LogP contribution < -0.4 is 10.9 Å². The Bertz CT molecular complexity index is 878. The van der Waals surface area contributed by atoms with Gasteiger partial charge in [-0.05, 0) is 26.0 Å². The molecule has 0 aliphatic rings. The molecule has 106 valence electrons. The Hall–Kier alpha value is -2.47. The van der Waals surface area contributed by atoms with Crippen molar-refractivity contribution in [3.8, 4) is 0 Å². The Morgan fingerprint density at radius 3 is 2.67 bits per heavy atom. The van der Waals surface area contributed by atoms with Crippen LogP contribution in [0.5, 0.6) is 0 Å². The van der Waals surface area contributed by atoms with Crippen molar-refractivity contribution >= 4 is 27.9 Å². The second-order valence-corrected chi connectivity index (χ2v) is 6.00. The summed E-state index contributed by atoms with van der Waals surface area (Å²) in [6, 6.07) is 7.38. The topological polar surface area (TPSA) is 63.5 Å². The van der Waals surface area contributed by atoms with Crippen molar-refractivity contribution in [3.63, 3.8) is 0 Å². The number of aryl methyl sites for hydroxylation is 2. The predicted molar refractivity (Wildman–Crippen MR) is 83.2 cm³/mol. The highest BCUT2D eigenvalue weighted by molar-refractivity contribution is 7.16. The van der Waals surface area contributed by atoms with Gasteiger partial charge < -0.3 is 5.32 Å². The van der Waals surface area contributed by atoms with Crippen molar-refractivity contribution in [1.82, 2.24) is 9.38 Å². The molecule has 1 N–H and O–H groups in total. The number of rotatable bonds is 2. The second kappa shape index (κ2) is 5.14. The smallest absolute Gasteiger partial charge is 0.271 e. The fraction of sp³-hybridized carbons (Fsp3) is 0.133. The van der Waals surface area contributed by atoms with Crippen LogP contribution in [0.15, 0.2) is 41.5 Å². The average molecular weight is 299 g/mol. The van der Waals surface area contributed by atoms with Crippen molar-refractivity contribution in [2.24, 2.45) is 0 Å². The van der Waals surface area contributed by atoms with Crippen LogP contribution in [0, 0.1) is 13.8 Å². The van der Waals surface area contributed by atoms with E-state index < -0.39 is 5.91 Å². The number of hydrogen-bond donors (Lipinski definition) is 1. The van der Waals surface area contributed by atoms with Crippen molar-refractivity contribution in [2.75, 3.05) is 5.32 Å². The lowest BCUT2D eigenvalue weighted by Gasteiger charge is -2.05. The molecule has 0 fully saturated rings. The summed E-state index contributed by atoms with van der Waals surface area (Å²) in [4.78, 5) is 30.2. The summed E-state index contributed by atoms with van der Waals surface area (Å²) in [5.74, 6) is -0.449. The molecule has 2 heterocycles. The number of hydrogen-bond acceptors (Lipinski definition) is 4. The standard InChI is InChI=1S/C15H13N3O2S/c1-9-3-5-11(6-4-9)17-13(19)12-7-16-15-18(14(12)20)8-10(2)21-15/h3-8H,1-2H3,(H,17,19). The molecule has 0 aliphatic carbocycles. The zero-order chi connectivity index (χ0) is 15.0. The molecule has 0 bridgehead atoms. The summed E-state index contributed by atoms with van der Waals surface area (Å²) in [6.07, 6.45) is 3.02. The molecular formula is C15H13N3O2S.